The van der Waals surface area contributed by atoms with Crippen molar-refractivity contribution < 1.29 is 33.4 Å². The summed E-state index contributed by atoms with van der Waals surface area (Å²) in [6, 6.07) is -0.854. The summed E-state index contributed by atoms with van der Waals surface area (Å²) in [6.07, 6.45) is -1.15. The van der Waals surface area contributed by atoms with Gasteiger partial charge < -0.3 is 9.47 Å². The van der Waals surface area contributed by atoms with Crippen molar-refractivity contribution in [3.8, 4) is 0 Å². The monoisotopic (exact) mass is 338 g/mol. The van der Waals surface area contributed by atoms with Gasteiger partial charge >= 0.3 is 29.8 Å². The molecule has 9 nitrogen and oxygen atoms in total. The molecular weight excluding hydrogens is 320 g/mol. The van der Waals surface area contributed by atoms with E-state index in [4.69, 9.17) is 9.47 Å². The first kappa shape index (κ1) is 19.1. The van der Waals surface area contributed by atoms with E-state index in [-0.39, 0.29) is 11.1 Å². The molecule has 0 saturated carbocycles. The summed E-state index contributed by atoms with van der Waals surface area (Å²) in [4.78, 5) is 59.5. The number of rotatable bonds is 7. The van der Waals surface area contributed by atoms with Crippen LogP contribution in [0.2, 0.25) is 0 Å². The number of urea groups is 1. The maximum atomic E-state index is 11.9. The van der Waals surface area contributed by atoms with Crippen LogP contribution in [-0.4, -0.2) is 65.9 Å². The highest BCUT2D eigenvalue weighted by molar-refractivity contribution is 6.44. The van der Waals surface area contributed by atoms with Gasteiger partial charge in [0.15, 0.2) is 6.10 Å². The van der Waals surface area contributed by atoms with E-state index in [0.29, 0.717) is 9.80 Å². The predicted octanol–water partition coefficient (Wildman–Crippen LogP) is 0.0142. The Morgan fingerprint density at radius 3 is 2.00 bits per heavy atom. The van der Waals surface area contributed by atoms with Crippen LogP contribution in [0.1, 0.15) is 13.8 Å². The first-order valence-electron chi connectivity index (χ1n) is 6.88. The standard InChI is InChI=1S/C15H18N2O7/c1-8(2)13(20)23-7-10(24-14(21)9(3)4)6-17-12(19)11(18)16(5)15(17)22/h10H,1,3,6-7H2,2,4-5H3. The van der Waals surface area contributed by atoms with Gasteiger partial charge in [0, 0.05) is 18.2 Å². The molecule has 1 aliphatic heterocycles. The molecule has 0 bridgehead atoms. The summed E-state index contributed by atoms with van der Waals surface area (Å²) < 4.78 is 9.94. The Bertz CT molecular complexity index is 638. The van der Waals surface area contributed by atoms with Crippen LogP contribution in [0.5, 0.6) is 0 Å². The summed E-state index contributed by atoms with van der Waals surface area (Å²) in [5.74, 6) is -3.56. The number of ether oxygens (including phenoxy) is 2. The first-order chi connectivity index (χ1) is 11.1. The Kier molecular flexibility index (Phi) is 5.99. The minimum absolute atomic E-state index is 0.0819. The van der Waals surface area contributed by atoms with Crippen LogP contribution in [0.3, 0.4) is 0 Å². The highest BCUT2D eigenvalue weighted by atomic mass is 16.6. The minimum Gasteiger partial charge on any atom is -0.458 e. The Balaban J connectivity index is 2.86. The average molecular weight is 338 g/mol. The summed E-state index contributed by atoms with van der Waals surface area (Å²) in [5.41, 5.74) is 0.210. The summed E-state index contributed by atoms with van der Waals surface area (Å²) in [7, 11) is 1.15. The van der Waals surface area contributed by atoms with Crippen molar-refractivity contribution >= 4 is 29.8 Å². The molecule has 1 saturated heterocycles. The van der Waals surface area contributed by atoms with Crippen LogP contribution in [0.15, 0.2) is 24.3 Å². The van der Waals surface area contributed by atoms with E-state index in [2.05, 4.69) is 13.2 Å². The smallest absolute Gasteiger partial charge is 0.334 e. The Morgan fingerprint density at radius 2 is 1.58 bits per heavy atom. The number of imide groups is 2. The zero-order valence-electron chi connectivity index (χ0n) is 13.7. The third-order valence-electron chi connectivity index (χ3n) is 3.01. The number of likely N-dealkylation sites (N-methyl/N-ethyl adjacent to an activating group) is 1. The van der Waals surface area contributed by atoms with Crippen LogP contribution < -0.4 is 0 Å². The number of carbonyl (C=O) groups excluding carboxylic acids is 5. The third kappa shape index (κ3) is 4.28. The summed E-state index contributed by atoms with van der Waals surface area (Å²) >= 11 is 0. The van der Waals surface area contributed by atoms with Gasteiger partial charge in [-0.25, -0.2) is 14.4 Å². The molecule has 0 aromatic carbocycles. The number of hydrogen-bond acceptors (Lipinski definition) is 7. The molecule has 0 spiro atoms. The predicted molar refractivity (Wildman–Crippen MR) is 80.3 cm³/mol. The van der Waals surface area contributed by atoms with E-state index < -0.39 is 49.0 Å². The molecule has 1 fully saturated rings. The lowest BCUT2D eigenvalue weighted by molar-refractivity contribution is -0.155. The molecule has 0 radical (unpaired) electrons. The average Bonchev–Trinajstić information content (AvgIpc) is 2.69. The zero-order chi connectivity index (χ0) is 18.6. The van der Waals surface area contributed by atoms with Gasteiger partial charge in [0.25, 0.3) is 0 Å². The lowest BCUT2D eigenvalue weighted by Crippen LogP contribution is -2.42. The number of nitrogens with zero attached hydrogens (tertiary/aromatic N) is 2. The normalized spacial score (nSPS) is 15.4. The molecule has 4 amide bonds. The Morgan fingerprint density at radius 1 is 1.04 bits per heavy atom. The van der Waals surface area contributed by atoms with Crippen LogP contribution in [0, 0.1) is 0 Å². The maximum absolute atomic E-state index is 11.9. The van der Waals surface area contributed by atoms with Crippen LogP contribution in [0.25, 0.3) is 0 Å². The number of hydrogen-bond donors (Lipinski definition) is 0. The SMILES string of the molecule is C=C(C)C(=O)OCC(CN1C(=O)C(=O)N(C)C1=O)OC(=O)C(=C)C. The van der Waals surface area contributed by atoms with Gasteiger partial charge in [-0.1, -0.05) is 13.2 Å². The zero-order valence-corrected chi connectivity index (χ0v) is 13.7. The van der Waals surface area contributed by atoms with Gasteiger partial charge in [-0.3, -0.25) is 19.4 Å². The molecule has 9 heteroatoms. The van der Waals surface area contributed by atoms with Crippen molar-refractivity contribution in [3.63, 3.8) is 0 Å². The fraction of sp³-hybridized carbons (Fsp3) is 0.400. The van der Waals surface area contributed by atoms with Gasteiger partial charge in [0.1, 0.15) is 6.61 Å². The van der Waals surface area contributed by atoms with Crippen LogP contribution in [-0.2, 0) is 28.7 Å². The van der Waals surface area contributed by atoms with Crippen molar-refractivity contribution in [1.82, 2.24) is 9.80 Å². The minimum atomic E-state index is -1.15. The number of amides is 4. The summed E-state index contributed by atoms with van der Waals surface area (Å²) in [6.45, 7) is 8.80. The lowest BCUT2D eigenvalue weighted by atomic mass is 10.3. The molecule has 1 heterocycles. The highest BCUT2D eigenvalue weighted by Crippen LogP contribution is 2.13. The molecule has 1 rings (SSSR count). The van der Waals surface area contributed by atoms with E-state index in [1.807, 2.05) is 0 Å². The van der Waals surface area contributed by atoms with Crippen molar-refractivity contribution in [3.05, 3.63) is 24.3 Å². The highest BCUT2D eigenvalue weighted by Gasteiger charge is 2.43. The topological polar surface area (TPSA) is 110 Å². The van der Waals surface area contributed by atoms with Gasteiger partial charge in [0.05, 0.1) is 6.54 Å². The second-order valence-corrected chi connectivity index (χ2v) is 5.25. The molecule has 1 aliphatic rings. The third-order valence-corrected chi connectivity index (χ3v) is 3.01. The quantitative estimate of drug-likeness (QED) is 0.278. The molecule has 1 unspecified atom stereocenters. The second-order valence-electron chi connectivity index (χ2n) is 5.25. The second kappa shape index (κ2) is 7.53. The molecule has 0 aromatic rings. The Labute approximate surface area is 138 Å². The van der Waals surface area contributed by atoms with Crippen molar-refractivity contribution in [2.45, 2.75) is 20.0 Å². The van der Waals surface area contributed by atoms with Crippen molar-refractivity contribution in [1.29, 1.82) is 0 Å². The van der Waals surface area contributed by atoms with E-state index >= 15 is 0 Å². The molecule has 0 aliphatic carbocycles. The van der Waals surface area contributed by atoms with Gasteiger partial charge in [-0.05, 0) is 13.8 Å². The van der Waals surface area contributed by atoms with Crippen molar-refractivity contribution in [2.75, 3.05) is 20.2 Å². The first-order valence-corrected chi connectivity index (χ1v) is 6.88. The van der Waals surface area contributed by atoms with Crippen LogP contribution in [0.4, 0.5) is 4.79 Å². The fourth-order valence-electron chi connectivity index (χ4n) is 1.65. The number of esters is 2. The van der Waals surface area contributed by atoms with E-state index in [1.165, 1.54) is 13.8 Å². The number of carbonyl (C=O) groups is 5. The summed E-state index contributed by atoms with van der Waals surface area (Å²) in [5, 5.41) is 0. The largest absolute Gasteiger partial charge is 0.458 e. The van der Waals surface area contributed by atoms with Gasteiger partial charge in [-0.2, -0.15) is 0 Å². The lowest BCUT2D eigenvalue weighted by Gasteiger charge is -2.22. The molecule has 130 valence electrons. The molecule has 1 atom stereocenters. The van der Waals surface area contributed by atoms with Gasteiger partial charge in [0.2, 0.25) is 0 Å². The van der Waals surface area contributed by atoms with Crippen molar-refractivity contribution in [2.24, 2.45) is 0 Å². The van der Waals surface area contributed by atoms with E-state index in [9.17, 15) is 24.0 Å². The fourth-order valence-corrected chi connectivity index (χ4v) is 1.65. The van der Waals surface area contributed by atoms with Gasteiger partial charge in [-0.15, -0.1) is 0 Å². The maximum Gasteiger partial charge on any atom is 0.334 e. The molecular formula is C15H18N2O7. The Hall–Kier alpha value is -2.97. The van der Waals surface area contributed by atoms with E-state index in [0.717, 1.165) is 7.05 Å². The molecule has 24 heavy (non-hydrogen) atoms. The molecule has 0 N–H and O–H groups in total. The van der Waals surface area contributed by atoms with E-state index in [1.54, 1.807) is 0 Å². The van der Waals surface area contributed by atoms with Crippen LogP contribution >= 0.6 is 0 Å². The molecule has 0 aromatic heterocycles.